The normalized spacial score (nSPS) is 10.9. The lowest BCUT2D eigenvalue weighted by Gasteiger charge is -2.15. The molecule has 0 N–H and O–H groups in total. The number of hydrogen-bond acceptors (Lipinski definition) is 2. The second-order valence-electron chi connectivity index (χ2n) is 3.81. The Balaban J connectivity index is 2.16. The second kappa shape index (κ2) is 7.83. The molecule has 0 aliphatic heterocycles. The summed E-state index contributed by atoms with van der Waals surface area (Å²) in [6.45, 7) is 2.11. The van der Waals surface area contributed by atoms with Crippen molar-refractivity contribution in [1.82, 2.24) is 9.88 Å². The van der Waals surface area contributed by atoms with Crippen molar-refractivity contribution in [1.29, 1.82) is 0 Å². The zero-order chi connectivity index (χ0) is 10.9. The van der Waals surface area contributed by atoms with Gasteiger partial charge in [-0.2, -0.15) is 0 Å². The number of unbranched alkanes of at least 4 members (excludes halogenated alkanes) is 2. The number of rotatable bonds is 7. The second-order valence-corrected chi connectivity index (χ2v) is 4.60. The Kier molecular flexibility index (Phi) is 6.60. The molecule has 0 spiro atoms. The van der Waals surface area contributed by atoms with E-state index >= 15 is 0 Å². The highest BCUT2D eigenvalue weighted by atomic mass is 79.9. The van der Waals surface area contributed by atoms with Crippen molar-refractivity contribution in [2.75, 3.05) is 18.9 Å². The van der Waals surface area contributed by atoms with E-state index in [0.717, 1.165) is 24.1 Å². The maximum Gasteiger partial charge on any atom is 0.0543 e. The molecule has 0 saturated carbocycles. The van der Waals surface area contributed by atoms with Crippen molar-refractivity contribution in [3.63, 3.8) is 0 Å². The lowest BCUT2D eigenvalue weighted by atomic mass is 10.2. The predicted molar refractivity (Wildman–Crippen MR) is 68.2 cm³/mol. The standard InChI is InChI=1S/C12H19BrN2/c1-15(10-6-2-4-8-13)11-12-7-3-5-9-14-12/h3,5,7,9H,2,4,6,8,10-11H2,1H3. The van der Waals surface area contributed by atoms with E-state index in [0.29, 0.717) is 0 Å². The van der Waals surface area contributed by atoms with Gasteiger partial charge in [-0.15, -0.1) is 0 Å². The molecule has 0 saturated heterocycles. The third-order valence-electron chi connectivity index (χ3n) is 2.33. The summed E-state index contributed by atoms with van der Waals surface area (Å²) in [6.07, 6.45) is 5.71. The fraction of sp³-hybridized carbons (Fsp3) is 0.583. The first-order chi connectivity index (χ1) is 7.33. The van der Waals surface area contributed by atoms with Gasteiger partial charge >= 0.3 is 0 Å². The Hall–Kier alpha value is -0.410. The van der Waals surface area contributed by atoms with E-state index in [4.69, 9.17) is 0 Å². The molecule has 0 aliphatic carbocycles. The number of alkyl halides is 1. The number of nitrogens with zero attached hydrogens (tertiary/aromatic N) is 2. The highest BCUT2D eigenvalue weighted by Crippen LogP contribution is 2.03. The van der Waals surface area contributed by atoms with Gasteiger partial charge in [0.05, 0.1) is 5.69 Å². The quantitative estimate of drug-likeness (QED) is 0.559. The van der Waals surface area contributed by atoms with Crippen molar-refractivity contribution in [2.45, 2.75) is 25.8 Å². The minimum absolute atomic E-state index is 0.954. The Bertz CT molecular complexity index is 251. The van der Waals surface area contributed by atoms with Crippen LogP contribution in [0.3, 0.4) is 0 Å². The first kappa shape index (κ1) is 12.7. The van der Waals surface area contributed by atoms with Crippen molar-refractivity contribution in [2.24, 2.45) is 0 Å². The number of halogens is 1. The Labute approximate surface area is 101 Å². The van der Waals surface area contributed by atoms with Crippen LogP contribution in [-0.2, 0) is 6.54 Å². The molecule has 15 heavy (non-hydrogen) atoms. The summed E-state index contributed by atoms with van der Waals surface area (Å²) in [5.41, 5.74) is 1.15. The molecule has 0 bridgehead atoms. The lowest BCUT2D eigenvalue weighted by Crippen LogP contribution is -2.19. The highest BCUT2D eigenvalue weighted by molar-refractivity contribution is 9.09. The van der Waals surface area contributed by atoms with Crippen molar-refractivity contribution in [3.05, 3.63) is 30.1 Å². The first-order valence-electron chi connectivity index (χ1n) is 5.47. The molecule has 0 aliphatic rings. The van der Waals surface area contributed by atoms with Gasteiger partial charge in [-0.3, -0.25) is 4.98 Å². The van der Waals surface area contributed by atoms with Gasteiger partial charge in [0.1, 0.15) is 0 Å². The highest BCUT2D eigenvalue weighted by Gasteiger charge is 2.00. The lowest BCUT2D eigenvalue weighted by molar-refractivity contribution is 0.314. The molecule has 1 aromatic rings. The molecule has 2 nitrogen and oxygen atoms in total. The third kappa shape index (κ3) is 5.90. The monoisotopic (exact) mass is 270 g/mol. The number of hydrogen-bond donors (Lipinski definition) is 0. The van der Waals surface area contributed by atoms with Crippen molar-refractivity contribution in [3.8, 4) is 0 Å². The van der Waals surface area contributed by atoms with Crippen LogP contribution in [0.1, 0.15) is 25.0 Å². The summed E-state index contributed by atoms with van der Waals surface area (Å²) >= 11 is 3.45. The van der Waals surface area contributed by atoms with Gasteiger partial charge in [0.25, 0.3) is 0 Å². The van der Waals surface area contributed by atoms with E-state index in [1.54, 1.807) is 0 Å². The Morgan fingerprint density at radius 3 is 2.80 bits per heavy atom. The van der Waals surface area contributed by atoms with Crippen LogP contribution in [0.5, 0.6) is 0 Å². The number of pyridine rings is 1. The zero-order valence-corrected chi connectivity index (χ0v) is 10.9. The fourth-order valence-electron chi connectivity index (χ4n) is 1.50. The Morgan fingerprint density at radius 2 is 2.13 bits per heavy atom. The van der Waals surface area contributed by atoms with Crippen LogP contribution >= 0.6 is 15.9 Å². The Morgan fingerprint density at radius 1 is 1.27 bits per heavy atom. The molecule has 0 amide bonds. The molecular weight excluding hydrogens is 252 g/mol. The van der Waals surface area contributed by atoms with E-state index in [9.17, 15) is 0 Å². The minimum atomic E-state index is 0.954. The average molecular weight is 271 g/mol. The first-order valence-corrected chi connectivity index (χ1v) is 6.59. The van der Waals surface area contributed by atoms with Crippen molar-refractivity contribution < 1.29 is 0 Å². The van der Waals surface area contributed by atoms with Crippen LogP contribution in [0.25, 0.3) is 0 Å². The summed E-state index contributed by atoms with van der Waals surface area (Å²) in [5, 5.41) is 1.12. The van der Waals surface area contributed by atoms with E-state index in [1.165, 1.54) is 19.3 Å². The molecule has 1 rings (SSSR count). The SMILES string of the molecule is CN(CCCCCBr)Cc1ccccn1. The van der Waals surface area contributed by atoms with Gasteiger partial charge in [-0.05, 0) is 38.6 Å². The zero-order valence-electron chi connectivity index (χ0n) is 9.32. The summed E-state index contributed by atoms with van der Waals surface area (Å²) in [4.78, 5) is 6.64. The molecular formula is C12H19BrN2. The van der Waals surface area contributed by atoms with Crippen LogP contribution in [-0.4, -0.2) is 28.8 Å². The van der Waals surface area contributed by atoms with Crippen LogP contribution in [0.15, 0.2) is 24.4 Å². The van der Waals surface area contributed by atoms with Gasteiger partial charge in [0.15, 0.2) is 0 Å². The summed E-state index contributed by atoms with van der Waals surface area (Å²) < 4.78 is 0. The van der Waals surface area contributed by atoms with E-state index in [2.05, 4.69) is 38.9 Å². The van der Waals surface area contributed by atoms with E-state index in [-0.39, 0.29) is 0 Å². The minimum Gasteiger partial charge on any atom is -0.301 e. The summed E-state index contributed by atoms with van der Waals surface area (Å²) in [6, 6.07) is 6.08. The van der Waals surface area contributed by atoms with Gasteiger partial charge in [-0.25, -0.2) is 0 Å². The average Bonchev–Trinajstić information content (AvgIpc) is 2.26. The molecule has 0 radical (unpaired) electrons. The van der Waals surface area contributed by atoms with Gasteiger partial charge in [0, 0.05) is 18.1 Å². The van der Waals surface area contributed by atoms with Crippen molar-refractivity contribution >= 4 is 15.9 Å². The third-order valence-corrected chi connectivity index (χ3v) is 2.89. The molecule has 0 unspecified atom stereocenters. The maximum atomic E-state index is 4.31. The number of aromatic nitrogens is 1. The van der Waals surface area contributed by atoms with Crippen LogP contribution in [0, 0.1) is 0 Å². The molecule has 0 fully saturated rings. The van der Waals surface area contributed by atoms with Gasteiger partial charge < -0.3 is 4.90 Å². The summed E-state index contributed by atoms with van der Waals surface area (Å²) in [7, 11) is 2.16. The molecule has 1 heterocycles. The topological polar surface area (TPSA) is 16.1 Å². The van der Waals surface area contributed by atoms with Crippen LogP contribution in [0.2, 0.25) is 0 Å². The maximum absolute atomic E-state index is 4.31. The largest absolute Gasteiger partial charge is 0.301 e. The molecule has 84 valence electrons. The van der Waals surface area contributed by atoms with Gasteiger partial charge in [-0.1, -0.05) is 28.4 Å². The van der Waals surface area contributed by atoms with E-state index in [1.807, 2.05) is 18.3 Å². The molecule has 1 aromatic heterocycles. The molecule has 0 atom stereocenters. The molecule has 0 aromatic carbocycles. The summed E-state index contributed by atoms with van der Waals surface area (Å²) in [5.74, 6) is 0. The van der Waals surface area contributed by atoms with Crippen LogP contribution < -0.4 is 0 Å². The fourth-order valence-corrected chi connectivity index (χ4v) is 1.90. The predicted octanol–water partition coefficient (Wildman–Crippen LogP) is 3.08. The molecule has 3 heteroatoms. The van der Waals surface area contributed by atoms with Gasteiger partial charge in [0.2, 0.25) is 0 Å². The smallest absolute Gasteiger partial charge is 0.0543 e. The van der Waals surface area contributed by atoms with Crippen LogP contribution in [0.4, 0.5) is 0 Å². The van der Waals surface area contributed by atoms with E-state index < -0.39 is 0 Å².